The molecule has 3 aromatic rings. The van der Waals surface area contributed by atoms with Gasteiger partial charge >= 0.3 is 6.18 Å². The van der Waals surface area contributed by atoms with Gasteiger partial charge in [0.25, 0.3) is 0 Å². The predicted octanol–water partition coefficient (Wildman–Crippen LogP) is 3.93. The van der Waals surface area contributed by atoms with Crippen LogP contribution in [0.15, 0.2) is 35.7 Å². The Morgan fingerprint density at radius 3 is 2.58 bits per heavy atom. The van der Waals surface area contributed by atoms with Gasteiger partial charge in [-0.25, -0.2) is 15.0 Å². The topological polar surface area (TPSA) is 52.3 Å². The van der Waals surface area contributed by atoms with Crippen LogP contribution in [0.25, 0.3) is 17.0 Å². The van der Waals surface area contributed by atoms with E-state index < -0.39 is 11.7 Å². The van der Waals surface area contributed by atoms with Crippen molar-refractivity contribution in [1.29, 1.82) is 0 Å². The Hall–Kier alpha value is -2.29. The number of imidazole rings is 1. The second-order valence-corrected chi connectivity index (χ2v) is 6.04. The van der Waals surface area contributed by atoms with Crippen molar-refractivity contribution in [3.8, 4) is 17.3 Å². The molecular formula is C15H13F3N4OS. The number of rotatable bonds is 4. The SMILES string of the molecule is CCSc1c(-c2cnc(OC)cn2)nc2ccc(C(F)(F)F)cn12. The molecule has 0 saturated carbocycles. The standard InChI is InChI=1S/C15H13F3N4OS/c1-3-24-14-13(10-6-20-12(23-2)7-19-10)21-11-5-4-9(8-22(11)14)15(16,17)18/h4-8H,3H2,1-2H3. The van der Waals surface area contributed by atoms with E-state index in [0.717, 1.165) is 12.3 Å². The van der Waals surface area contributed by atoms with E-state index in [0.29, 0.717) is 33.7 Å². The number of hydrogen-bond donors (Lipinski definition) is 0. The minimum atomic E-state index is -4.41. The van der Waals surface area contributed by atoms with Crippen LogP contribution in [-0.4, -0.2) is 32.2 Å². The summed E-state index contributed by atoms with van der Waals surface area (Å²) in [6.45, 7) is 1.92. The Kier molecular flexibility index (Phi) is 4.35. The number of ether oxygens (including phenoxy) is 1. The van der Waals surface area contributed by atoms with Crippen LogP contribution in [0.4, 0.5) is 13.2 Å². The van der Waals surface area contributed by atoms with Gasteiger partial charge in [-0.3, -0.25) is 4.40 Å². The summed E-state index contributed by atoms with van der Waals surface area (Å²) < 4.78 is 45.3. The lowest BCUT2D eigenvalue weighted by molar-refractivity contribution is -0.137. The van der Waals surface area contributed by atoms with Gasteiger partial charge in [0.15, 0.2) is 0 Å². The van der Waals surface area contributed by atoms with Crippen molar-refractivity contribution in [2.24, 2.45) is 0 Å². The highest BCUT2D eigenvalue weighted by Crippen LogP contribution is 2.34. The van der Waals surface area contributed by atoms with Crippen LogP contribution in [0.5, 0.6) is 5.88 Å². The number of thioether (sulfide) groups is 1. The molecular weight excluding hydrogens is 341 g/mol. The highest BCUT2D eigenvalue weighted by Gasteiger charge is 2.31. The molecule has 0 amide bonds. The lowest BCUT2D eigenvalue weighted by Crippen LogP contribution is -2.06. The fourth-order valence-corrected chi connectivity index (χ4v) is 3.02. The lowest BCUT2D eigenvalue weighted by Gasteiger charge is -2.08. The number of hydrogen-bond acceptors (Lipinski definition) is 5. The highest BCUT2D eigenvalue weighted by molar-refractivity contribution is 7.99. The van der Waals surface area contributed by atoms with Gasteiger partial charge in [0.2, 0.25) is 5.88 Å². The van der Waals surface area contributed by atoms with Crippen LogP contribution in [-0.2, 0) is 6.18 Å². The first-order valence-electron chi connectivity index (χ1n) is 7.02. The van der Waals surface area contributed by atoms with Gasteiger partial charge in [0, 0.05) is 6.20 Å². The van der Waals surface area contributed by atoms with E-state index in [2.05, 4.69) is 15.0 Å². The fraction of sp³-hybridized carbons (Fsp3) is 0.267. The van der Waals surface area contributed by atoms with Crippen LogP contribution in [0.2, 0.25) is 0 Å². The second kappa shape index (κ2) is 6.31. The summed E-state index contributed by atoms with van der Waals surface area (Å²) in [4.78, 5) is 12.7. The van der Waals surface area contributed by atoms with Crippen molar-refractivity contribution < 1.29 is 17.9 Å². The third kappa shape index (κ3) is 3.03. The highest BCUT2D eigenvalue weighted by atomic mass is 32.2. The van der Waals surface area contributed by atoms with Crippen LogP contribution in [0.3, 0.4) is 0 Å². The van der Waals surface area contributed by atoms with Gasteiger partial charge in [-0.1, -0.05) is 6.92 Å². The molecule has 0 aliphatic heterocycles. The van der Waals surface area contributed by atoms with E-state index in [1.54, 1.807) is 0 Å². The summed E-state index contributed by atoms with van der Waals surface area (Å²) in [6, 6.07) is 2.37. The Balaban J connectivity index is 2.17. The van der Waals surface area contributed by atoms with Crippen molar-refractivity contribution >= 4 is 17.4 Å². The number of pyridine rings is 1. The Morgan fingerprint density at radius 2 is 2.00 bits per heavy atom. The van der Waals surface area contributed by atoms with Crippen LogP contribution < -0.4 is 4.74 Å². The van der Waals surface area contributed by atoms with Gasteiger partial charge in [0.1, 0.15) is 22.1 Å². The van der Waals surface area contributed by atoms with Gasteiger partial charge in [0.05, 0.1) is 25.1 Å². The van der Waals surface area contributed by atoms with Crippen molar-refractivity contribution in [2.45, 2.75) is 18.1 Å². The van der Waals surface area contributed by atoms with Crippen molar-refractivity contribution in [3.05, 3.63) is 36.3 Å². The molecule has 0 unspecified atom stereocenters. The molecule has 3 aromatic heterocycles. The molecule has 3 rings (SSSR count). The first-order valence-corrected chi connectivity index (χ1v) is 8.01. The Bertz CT molecular complexity index is 862. The predicted molar refractivity (Wildman–Crippen MR) is 84.2 cm³/mol. The maximum Gasteiger partial charge on any atom is 0.417 e. The summed E-state index contributed by atoms with van der Waals surface area (Å²) in [6.07, 6.45) is -0.417. The zero-order valence-electron chi connectivity index (χ0n) is 12.8. The monoisotopic (exact) mass is 354 g/mol. The number of methoxy groups -OCH3 is 1. The summed E-state index contributed by atoms with van der Waals surface area (Å²) in [5, 5.41) is 0.595. The molecule has 0 aliphatic rings. The van der Waals surface area contributed by atoms with Gasteiger partial charge < -0.3 is 4.74 Å². The number of alkyl halides is 3. The fourth-order valence-electron chi connectivity index (χ4n) is 2.18. The largest absolute Gasteiger partial charge is 0.480 e. The first kappa shape index (κ1) is 16.6. The average Bonchev–Trinajstić information content (AvgIpc) is 2.92. The van der Waals surface area contributed by atoms with Crippen LogP contribution in [0, 0.1) is 0 Å². The van der Waals surface area contributed by atoms with Crippen molar-refractivity contribution in [1.82, 2.24) is 19.4 Å². The summed E-state index contributed by atoms with van der Waals surface area (Å²) in [5.41, 5.74) is 0.671. The third-order valence-corrected chi connectivity index (χ3v) is 4.22. The zero-order valence-corrected chi connectivity index (χ0v) is 13.6. The molecule has 24 heavy (non-hydrogen) atoms. The average molecular weight is 354 g/mol. The Labute approximate surface area is 139 Å². The summed E-state index contributed by atoms with van der Waals surface area (Å²) in [5.74, 6) is 1.03. The zero-order chi connectivity index (χ0) is 17.3. The summed E-state index contributed by atoms with van der Waals surface area (Å²) >= 11 is 1.40. The molecule has 126 valence electrons. The van der Waals surface area contributed by atoms with Crippen LogP contribution in [0.1, 0.15) is 12.5 Å². The molecule has 0 atom stereocenters. The summed E-state index contributed by atoms with van der Waals surface area (Å²) in [7, 11) is 1.48. The third-order valence-electron chi connectivity index (χ3n) is 3.26. The Morgan fingerprint density at radius 1 is 1.21 bits per heavy atom. The number of aromatic nitrogens is 4. The quantitative estimate of drug-likeness (QED) is 0.665. The molecule has 0 N–H and O–H groups in total. The van der Waals surface area contributed by atoms with Gasteiger partial charge in [-0.15, -0.1) is 11.8 Å². The second-order valence-electron chi connectivity index (χ2n) is 4.79. The van der Waals surface area contributed by atoms with E-state index in [1.807, 2.05) is 6.92 Å². The number of halogens is 3. The normalized spacial score (nSPS) is 11.9. The number of nitrogens with zero attached hydrogens (tertiary/aromatic N) is 4. The molecule has 0 saturated heterocycles. The van der Waals surface area contributed by atoms with E-state index >= 15 is 0 Å². The lowest BCUT2D eigenvalue weighted by atomic mass is 10.3. The maximum absolute atomic E-state index is 13.0. The van der Waals surface area contributed by atoms with Gasteiger partial charge in [-0.2, -0.15) is 13.2 Å². The van der Waals surface area contributed by atoms with Crippen molar-refractivity contribution in [2.75, 3.05) is 12.9 Å². The molecule has 0 aliphatic carbocycles. The molecule has 3 heterocycles. The maximum atomic E-state index is 13.0. The molecule has 0 radical (unpaired) electrons. The number of fused-ring (bicyclic) bond motifs is 1. The molecule has 0 fully saturated rings. The smallest absolute Gasteiger partial charge is 0.417 e. The molecule has 0 aromatic carbocycles. The minimum absolute atomic E-state index is 0.353. The molecule has 9 heteroatoms. The van der Waals surface area contributed by atoms with Gasteiger partial charge in [-0.05, 0) is 17.9 Å². The molecule has 5 nitrogen and oxygen atoms in total. The van der Waals surface area contributed by atoms with E-state index in [9.17, 15) is 13.2 Å². The van der Waals surface area contributed by atoms with E-state index in [-0.39, 0.29) is 0 Å². The van der Waals surface area contributed by atoms with Crippen molar-refractivity contribution in [3.63, 3.8) is 0 Å². The first-order chi connectivity index (χ1) is 11.4. The van der Waals surface area contributed by atoms with E-state index in [4.69, 9.17) is 4.74 Å². The van der Waals surface area contributed by atoms with E-state index in [1.165, 1.54) is 41.7 Å². The minimum Gasteiger partial charge on any atom is -0.480 e. The molecule has 0 bridgehead atoms. The van der Waals surface area contributed by atoms with Crippen LogP contribution >= 0.6 is 11.8 Å². The molecule has 0 spiro atoms.